The monoisotopic (exact) mass is 637 g/mol. The van der Waals surface area contributed by atoms with Gasteiger partial charge in [0.1, 0.15) is 11.2 Å². The highest BCUT2D eigenvalue weighted by atomic mass is 16.3. The number of rotatable bonds is 5. The number of anilines is 3. The summed E-state index contributed by atoms with van der Waals surface area (Å²) < 4.78 is 6.46. The van der Waals surface area contributed by atoms with Gasteiger partial charge < -0.3 is 9.32 Å². The third-order valence-electron chi connectivity index (χ3n) is 10.0. The van der Waals surface area contributed by atoms with E-state index >= 15 is 0 Å². The second-order valence-electron chi connectivity index (χ2n) is 12.9. The topological polar surface area (TPSA) is 16.4 Å². The Bertz CT molecular complexity index is 2870. The lowest BCUT2D eigenvalue weighted by Crippen LogP contribution is -2.10. The van der Waals surface area contributed by atoms with E-state index in [0.29, 0.717) is 0 Å². The summed E-state index contributed by atoms with van der Waals surface area (Å²) in [4.78, 5) is 2.36. The second kappa shape index (κ2) is 11.5. The smallest absolute Gasteiger partial charge is 0.143 e. The molecule has 9 aromatic carbocycles. The molecule has 0 spiro atoms. The zero-order valence-electron chi connectivity index (χ0n) is 27.3. The van der Waals surface area contributed by atoms with Crippen molar-refractivity contribution >= 4 is 71.3 Å². The van der Waals surface area contributed by atoms with Crippen LogP contribution in [0.3, 0.4) is 0 Å². The summed E-state index contributed by atoms with van der Waals surface area (Å²) in [5.74, 6) is 0. The molecule has 0 saturated heterocycles. The van der Waals surface area contributed by atoms with Gasteiger partial charge in [0.25, 0.3) is 0 Å². The lowest BCUT2D eigenvalue weighted by Gasteiger charge is -2.27. The standard InChI is InChI=1S/C48H31NO/c1-2-10-32(11-3-1)33-20-24-37(25-21-33)49(39-26-29-41-36(31-39)23-28-43-40-15-5-4-12-34(40)22-27-44(41)43)38-14-8-13-35(30-38)42-17-9-18-46-45-16-6-7-19-47(45)50-48(42)46/h1-31H. The van der Waals surface area contributed by atoms with Crippen LogP contribution in [0, 0.1) is 0 Å². The molecule has 0 aliphatic carbocycles. The van der Waals surface area contributed by atoms with Crippen molar-refractivity contribution in [3.05, 3.63) is 188 Å². The van der Waals surface area contributed by atoms with Gasteiger partial charge in [-0.3, -0.25) is 0 Å². The molecule has 2 heteroatoms. The van der Waals surface area contributed by atoms with Crippen LogP contribution in [0.2, 0.25) is 0 Å². The summed E-state index contributed by atoms with van der Waals surface area (Å²) in [6.45, 7) is 0. The van der Waals surface area contributed by atoms with Crippen molar-refractivity contribution in [2.24, 2.45) is 0 Å². The molecule has 0 radical (unpaired) electrons. The largest absolute Gasteiger partial charge is 0.455 e. The molecule has 50 heavy (non-hydrogen) atoms. The van der Waals surface area contributed by atoms with Crippen LogP contribution in [0.4, 0.5) is 17.1 Å². The van der Waals surface area contributed by atoms with Gasteiger partial charge >= 0.3 is 0 Å². The van der Waals surface area contributed by atoms with E-state index in [-0.39, 0.29) is 0 Å². The first-order valence-corrected chi connectivity index (χ1v) is 17.1. The zero-order valence-corrected chi connectivity index (χ0v) is 27.3. The van der Waals surface area contributed by atoms with Crippen LogP contribution >= 0.6 is 0 Å². The first-order valence-electron chi connectivity index (χ1n) is 17.1. The van der Waals surface area contributed by atoms with E-state index in [1.165, 1.54) is 43.4 Å². The average molecular weight is 638 g/mol. The van der Waals surface area contributed by atoms with Crippen LogP contribution in [0.15, 0.2) is 192 Å². The Balaban J connectivity index is 1.14. The summed E-state index contributed by atoms with van der Waals surface area (Å²) in [6.07, 6.45) is 0. The summed E-state index contributed by atoms with van der Waals surface area (Å²) in [5, 5.41) is 9.83. The molecular weight excluding hydrogens is 607 g/mol. The van der Waals surface area contributed by atoms with Crippen molar-refractivity contribution in [3.63, 3.8) is 0 Å². The van der Waals surface area contributed by atoms with Gasteiger partial charge in [0.15, 0.2) is 0 Å². The molecule has 0 aliphatic rings. The molecule has 0 saturated carbocycles. The fourth-order valence-corrected chi connectivity index (χ4v) is 7.62. The highest BCUT2D eigenvalue weighted by Crippen LogP contribution is 2.42. The molecule has 1 heterocycles. The van der Waals surface area contributed by atoms with Crippen LogP contribution in [-0.4, -0.2) is 0 Å². The normalized spacial score (nSPS) is 11.6. The molecule has 0 fully saturated rings. The first-order chi connectivity index (χ1) is 24.8. The Morgan fingerprint density at radius 3 is 1.78 bits per heavy atom. The SMILES string of the molecule is c1ccc(-c2ccc(N(c3cccc(-c4cccc5c4oc4ccccc45)c3)c3ccc4c(ccc5c6ccccc6ccc45)c3)cc2)cc1. The molecule has 10 aromatic rings. The fourth-order valence-electron chi connectivity index (χ4n) is 7.62. The Morgan fingerprint density at radius 2 is 0.920 bits per heavy atom. The summed E-state index contributed by atoms with van der Waals surface area (Å²) >= 11 is 0. The molecule has 0 atom stereocenters. The average Bonchev–Trinajstić information content (AvgIpc) is 3.57. The third-order valence-corrected chi connectivity index (χ3v) is 10.0. The minimum absolute atomic E-state index is 0.905. The van der Waals surface area contributed by atoms with Crippen LogP contribution in [0.5, 0.6) is 0 Å². The third kappa shape index (κ3) is 4.65. The van der Waals surface area contributed by atoms with Gasteiger partial charge in [0, 0.05) is 33.4 Å². The molecule has 1 aromatic heterocycles. The Kier molecular flexibility index (Phi) is 6.53. The number of fused-ring (bicyclic) bond motifs is 8. The summed E-state index contributed by atoms with van der Waals surface area (Å²) in [5.41, 5.74) is 9.67. The lowest BCUT2D eigenvalue weighted by molar-refractivity contribution is 0.670. The minimum Gasteiger partial charge on any atom is -0.455 e. The van der Waals surface area contributed by atoms with Gasteiger partial charge in [-0.15, -0.1) is 0 Å². The molecule has 0 unspecified atom stereocenters. The van der Waals surface area contributed by atoms with Gasteiger partial charge in [-0.2, -0.15) is 0 Å². The van der Waals surface area contributed by atoms with Gasteiger partial charge in [0.05, 0.1) is 0 Å². The molecule has 0 bridgehead atoms. The highest BCUT2D eigenvalue weighted by molar-refractivity contribution is 6.17. The number of para-hydroxylation sites is 2. The number of benzene rings is 9. The molecule has 0 aliphatic heterocycles. The van der Waals surface area contributed by atoms with E-state index in [4.69, 9.17) is 4.42 Å². The first kappa shape index (κ1) is 28.4. The maximum atomic E-state index is 6.46. The van der Waals surface area contributed by atoms with Gasteiger partial charge in [-0.1, -0.05) is 146 Å². The van der Waals surface area contributed by atoms with E-state index in [2.05, 4.69) is 181 Å². The van der Waals surface area contributed by atoms with Crippen molar-refractivity contribution in [1.29, 1.82) is 0 Å². The van der Waals surface area contributed by atoms with Gasteiger partial charge in [-0.25, -0.2) is 0 Å². The molecule has 234 valence electrons. The lowest BCUT2D eigenvalue weighted by atomic mass is 9.96. The van der Waals surface area contributed by atoms with E-state index in [9.17, 15) is 0 Å². The van der Waals surface area contributed by atoms with Crippen molar-refractivity contribution in [2.75, 3.05) is 4.90 Å². The Labute approximate surface area is 290 Å². The number of furan rings is 1. The molecule has 0 N–H and O–H groups in total. The highest BCUT2D eigenvalue weighted by Gasteiger charge is 2.17. The predicted octanol–water partition coefficient (Wildman–Crippen LogP) is 13.8. The minimum atomic E-state index is 0.905. The van der Waals surface area contributed by atoms with Crippen LogP contribution in [0.25, 0.3) is 76.5 Å². The van der Waals surface area contributed by atoms with Crippen LogP contribution in [0.1, 0.15) is 0 Å². The van der Waals surface area contributed by atoms with Crippen molar-refractivity contribution in [3.8, 4) is 22.3 Å². The molecule has 0 amide bonds. The fraction of sp³-hybridized carbons (Fsp3) is 0. The molecule has 10 rings (SSSR count). The Hall–Kier alpha value is -6.64. The van der Waals surface area contributed by atoms with Crippen LogP contribution in [-0.2, 0) is 0 Å². The zero-order chi connectivity index (χ0) is 33.0. The summed E-state index contributed by atoms with van der Waals surface area (Å²) in [7, 11) is 0. The molecule has 2 nitrogen and oxygen atoms in total. The number of hydrogen-bond donors (Lipinski definition) is 0. The Morgan fingerprint density at radius 1 is 0.320 bits per heavy atom. The maximum absolute atomic E-state index is 6.46. The van der Waals surface area contributed by atoms with Crippen molar-refractivity contribution in [2.45, 2.75) is 0 Å². The predicted molar refractivity (Wildman–Crippen MR) is 212 cm³/mol. The second-order valence-corrected chi connectivity index (χ2v) is 12.9. The maximum Gasteiger partial charge on any atom is 0.143 e. The van der Waals surface area contributed by atoms with E-state index < -0.39 is 0 Å². The van der Waals surface area contributed by atoms with Crippen molar-refractivity contribution < 1.29 is 4.42 Å². The van der Waals surface area contributed by atoms with Gasteiger partial charge in [-0.05, 0) is 91.5 Å². The van der Waals surface area contributed by atoms with Crippen LogP contribution < -0.4 is 4.90 Å². The van der Waals surface area contributed by atoms with E-state index in [1.54, 1.807) is 0 Å². The van der Waals surface area contributed by atoms with E-state index in [0.717, 1.165) is 50.1 Å². The van der Waals surface area contributed by atoms with Crippen molar-refractivity contribution in [1.82, 2.24) is 0 Å². The quantitative estimate of drug-likeness (QED) is 0.175. The van der Waals surface area contributed by atoms with E-state index in [1.807, 2.05) is 12.1 Å². The van der Waals surface area contributed by atoms with Gasteiger partial charge in [0.2, 0.25) is 0 Å². The number of hydrogen-bond acceptors (Lipinski definition) is 2. The molecular formula is C48H31NO. The summed E-state index contributed by atoms with van der Waals surface area (Å²) in [6, 6.07) is 67.5. The number of nitrogens with zero attached hydrogens (tertiary/aromatic N) is 1.